The van der Waals surface area contributed by atoms with Crippen LogP contribution in [0.15, 0.2) is 12.1 Å². The highest BCUT2D eigenvalue weighted by molar-refractivity contribution is 6.20. The molecule has 0 N–H and O–H groups in total. The van der Waals surface area contributed by atoms with Gasteiger partial charge in [-0.2, -0.15) is 0 Å². The molecule has 0 amide bonds. The van der Waals surface area contributed by atoms with Crippen molar-refractivity contribution in [3.05, 3.63) is 29.6 Å². The lowest BCUT2D eigenvalue weighted by Gasteiger charge is -2.17. The van der Waals surface area contributed by atoms with Gasteiger partial charge >= 0.3 is 5.97 Å². The molecule has 0 aliphatic rings. The first-order valence-corrected chi connectivity index (χ1v) is 6.98. The number of aromatic nitrogens is 2. The van der Waals surface area contributed by atoms with Crippen molar-refractivity contribution in [2.45, 2.75) is 32.2 Å². The van der Waals surface area contributed by atoms with Crippen molar-refractivity contribution in [1.82, 2.24) is 9.55 Å². The van der Waals surface area contributed by atoms with Crippen LogP contribution in [0.3, 0.4) is 0 Å². The van der Waals surface area contributed by atoms with Gasteiger partial charge in [0.1, 0.15) is 23.2 Å². The number of ether oxygens (including phenoxy) is 1. The van der Waals surface area contributed by atoms with E-state index in [1.165, 1.54) is 4.57 Å². The van der Waals surface area contributed by atoms with Crippen molar-refractivity contribution in [3.8, 4) is 0 Å². The highest BCUT2D eigenvalue weighted by Gasteiger charge is 2.26. The summed E-state index contributed by atoms with van der Waals surface area (Å²) in [4.78, 5) is 16.0. The van der Waals surface area contributed by atoms with Crippen molar-refractivity contribution in [1.29, 1.82) is 0 Å². The molecule has 0 radical (unpaired) electrons. The van der Waals surface area contributed by atoms with Crippen LogP contribution in [0.1, 0.15) is 38.0 Å². The molecule has 0 fully saturated rings. The minimum Gasteiger partial charge on any atom is -0.464 e. The van der Waals surface area contributed by atoms with Crippen LogP contribution < -0.4 is 0 Å². The Balaban J connectivity index is 2.69. The molecule has 2 atom stereocenters. The maximum Gasteiger partial charge on any atom is 0.328 e. The van der Waals surface area contributed by atoms with Crippen LogP contribution in [-0.4, -0.2) is 22.1 Å². The lowest BCUT2D eigenvalue weighted by Crippen LogP contribution is -2.21. The molecule has 7 heteroatoms. The molecule has 21 heavy (non-hydrogen) atoms. The molecule has 1 aromatic carbocycles. The first-order chi connectivity index (χ1) is 9.86. The molecule has 1 aromatic heterocycles. The Kier molecular flexibility index (Phi) is 4.46. The van der Waals surface area contributed by atoms with Gasteiger partial charge in [-0.15, -0.1) is 11.6 Å². The molecule has 0 spiro atoms. The molecule has 2 aromatic rings. The molecule has 0 aliphatic heterocycles. The van der Waals surface area contributed by atoms with Crippen molar-refractivity contribution in [2.24, 2.45) is 0 Å². The van der Waals surface area contributed by atoms with E-state index in [9.17, 15) is 13.6 Å². The van der Waals surface area contributed by atoms with Crippen LogP contribution in [0, 0.1) is 11.6 Å². The van der Waals surface area contributed by atoms with Crippen LogP contribution >= 0.6 is 11.6 Å². The summed E-state index contributed by atoms with van der Waals surface area (Å²) in [7, 11) is 0. The second-order valence-electron chi connectivity index (χ2n) is 4.64. The van der Waals surface area contributed by atoms with Crippen LogP contribution in [-0.2, 0) is 9.53 Å². The van der Waals surface area contributed by atoms with Gasteiger partial charge in [0.05, 0.1) is 17.5 Å². The SMILES string of the molecule is CCOC(=O)C(C)n1c(C(C)Cl)nc2c(F)cc(F)cc21. The van der Waals surface area contributed by atoms with Crippen molar-refractivity contribution < 1.29 is 18.3 Å². The summed E-state index contributed by atoms with van der Waals surface area (Å²) in [5, 5.41) is -0.572. The summed E-state index contributed by atoms with van der Waals surface area (Å²) in [6.07, 6.45) is 0. The van der Waals surface area contributed by atoms with Crippen molar-refractivity contribution in [3.63, 3.8) is 0 Å². The molecular formula is C14H15ClF2N2O2. The van der Waals surface area contributed by atoms with Gasteiger partial charge in [0.15, 0.2) is 5.82 Å². The third-order valence-corrected chi connectivity index (χ3v) is 3.31. The fraction of sp³-hybridized carbons (Fsp3) is 0.429. The third kappa shape index (κ3) is 2.85. The number of halogens is 3. The van der Waals surface area contributed by atoms with E-state index in [0.29, 0.717) is 0 Å². The smallest absolute Gasteiger partial charge is 0.328 e. The van der Waals surface area contributed by atoms with E-state index in [2.05, 4.69) is 4.98 Å². The van der Waals surface area contributed by atoms with Gasteiger partial charge in [0.25, 0.3) is 0 Å². The van der Waals surface area contributed by atoms with Crippen molar-refractivity contribution in [2.75, 3.05) is 6.61 Å². The molecule has 4 nitrogen and oxygen atoms in total. The lowest BCUT2D eigenvalue weighted by atomic mass is 10.2. The number of nitrogens with zero attached hydrogens (tertiary/aromatic N) is 2. The predicted molar refractivity (Wildman–Crippen MR) is 75.3 cm³/mol. The maximum absolute atomic E-state index is 13.8. The summed E-state index contributed by atoms with van der Waals surface area (Å²) >= 11 is 6.05. The fourth-order valence-electron chi connectivity index (χ4n) is 2.19. The van der Waals surface area contributed by atoms with E-state index in [1.54, 1.807) is 20.8 Å². The number of hydrogen-bond donors (Lipinski definition) is 0. The molecule has 0 aliphatic carbocycles. The average Bonchev–Trinajstić information content (AvgIpc) is 2.77. The van der Waals surface area contributed by atoms with Crippen LogP contribution in [0.2, 0.25) is 0 Å². The van der Waals surface area contributed by atoms with E-state index >= 15 is 0 Å². The van der Waals surface area contributed by atoms with E-state index in [-0.39, 0.29) is 23.5 Å². The Morgan fingerprint density at radius 3 is 2.67 bits per heavy atom. The second kappa shape index (κ2) is 5.97. The summed E-state index contributed by atoms with van der Waals surface area (Å²) in [6.45, 7) is 5.11. The first kappa shape index (κ1) is 15.7. The van der Waals surface area contributed by atoms with Gasteiger partial charge < -0.3 is 9.30 Å². The first-order valence-electron chi connectivity index (χ1n) is 6.54. The standard InChI is InChI=1S/C14H15ClF2N2O2/c1-4-21-14(20)8(3)19-11-6-9(16)5-10(17)12(11)18-13(19)7(2)15/h5-8H,4H2,1-3H3. The third-order valence-electron chi connectivity index (χ3n) is 3.11. The van der Waals surface area contributed by atoms with E-state index in [0.717, 1.165) is 12.1 Å². The van der Waals surface area contributed by atoms with Crippen LogP contribution in [0.5, 0.6) is 0 Å². The van der Waals surface area contributed by atoms with E-state index < -0.39 is 29.0 Å². The quantitative estimate of drug-likeness (QED) is 0.637. The highest BCUT2D eigenvalue weighted by Crippen LogP contribution is 2.30. The number of esters is 1. The number of hydrogen-bond acceptors (Lipinski definition) is 3. The van der Waals surface area contributed by atoms with Crippen LogP contribution in [0.25, 0.3) is 11.0 Å². The Labute approximate surface area is 125 Å². The van der Waals surface area contributed by atoms with E-state index in [1.807, 2.05) is 0 Å². The normalized spacial score (nSPS) is 14.2. The molecule has 0 saturated carbocycles. The number of imidazole rings is 1. The number of fused-ring (bicyclic) bond motifs is 1. The Bertz CT molecular complexity index is 685. The zero-order valence-corrected chi connectivity index (χ0v) is 12.6. The Morgan fingerprint density at radius 1 is 1.43 bits per heavy atom. The molecule has 2 rings (SSSR count). The highest BCUT2D eigenvalue weighted by atomic mass is 35.5. The summed E-state index contributed by atoms with van der Waals surface area (Å²) in [5.41, 5.74) is 0.158. The maximum atomic E-state index is 13.8. The Morgan fingerprint density at radius 2 is 2.10 bits per heavy atom. The topological polar surface area (TPSA) is 44.1 Å². The number of rotatable bonds is 4. The largest absolute Gasteiger partial charge is 0.464 e. The number of carbonyl (C=O) groups excluding carboxylic acids is 1. The molecule has 1 heterocycles. The fourth-order valence-corrected chi connectivity index (χ4v) is 2.35. The number of benzene rings is 1. The molecule has 0 saturated heterocycles. The van der Waals surface area contributed by atoms with Gasteiger partial charge in [-0.25, -0.2) is 18.6 Å². The lowest BCUT2D eigenvalue weighted by molar-refractivity contribution is -0.146. The Hall–Kier alpha value is -1.69. The molecule has 114 valence electrons. The van der Waals surface area contributed by atoms with E-state index in [4.69, 9.17) is 16.3 Å². The zero-order valence-electron chi connectivity index (χ0n) is 11.9. The second-order valence-corrected chi connectivity index (χ2v) is 5.29. The summed E-state index contributed by atoms with van der Waals surface area (Å²) < 4.78 is 33.7. The number of alkyl halides is 1. The van der Waals surface area contributed by atoms with Crippen LogP contribution in [0.4, 0.5) is 8.78 Å². The zero-order chi connectivity index (χ0) is 15.7. The molecule has 0 bridgehead atoms. The molecule has 2 unspecified atom stereocenters. The summed E-state index contributed by atoms with van der Waals surface area (Å²) in [6, 6.07) is 1.09. The monoisotopic (exact) mass is 316 g/mol. The van der Waals surface area contributed by atoms with Gasteiger partial charge in [-0.1, -0.05) is 0 Å². The van der Waals surface area contributed by atoms with Gasteiger partial charge in [-0.3, -0.25) is 0 Å². The predicted octanol–water partition coefficient (Wildman–Crippen LogP) is 3.74. The van der Waals surface area contributed by atoms with Gasteiger partial charge in [0.2, 0.25) is 0 Å². The van der Waals surface area contributed by atoms with Gasteiger partial charge in [-0.05, 0) is 20.8 Å². The average molecular weight is 317 g/mol. The number of carbonyl (C=O) groups is 1. The minimum absolute atomic E-state index is 0.0185. The van der Waals surface area contributed by atoms with Gasteiger partial charge in [0, 0.05) is 12.1 Å². The minimum atomic E-state index is -0.793. The molecular weight excluding hydrogens is 302 g/mol. The summed E-state index contributed by atoms with van der Waals surface area (Å²) in [5.74, 6) is -1.76. The van der Waals surface area contributed by atoms with Crippen molar-refractivity contribution >= 4 is 28.6 Å².